The first kappa shape index (κ1) is 23.3. The molecule has 3 rings (SSSR count). The first-order valence-electron chi connectivity index (χ1n) is 9.96. The number of rotatable bonds is 6. The molecule has 0 aliphatic carbocycles. The molecule has 0 N–H and O–H groups in total. The Bertz CT molecular complexity index is 887. The molecule has 0 radical (unpaired) electrons. The van der Waals surface area contributed by atoms with Crippen molar-refractivity contribution in [1.82, 2.24) is 9.21 Å². The lowest BCUT2D eigenvalue weighted by Gasteiger charge is -2.27. The van der Waals surface area contributed by atoms with Gasteiger partial charge in [-0.1, -0.05) is 5.16 Å². The van der Waals surface area contributed by atoms with Crippen molar-refractivity contribution in [2.75, 3.05) is 32.8 Å². The number of alkyl halides is 3. The molecule has 172 valence electrons. The summed E-state index contributed by atoms with van der Waals surface area (Å²) in [6.07, 6.45) is -1.06. The molecule has 2 aliphatic rings. The first-order valence-corrected chi connectivity index (χ1v) is 11.4. The van der Waals surface area contributed by atoms with Crippen LogP contribution < -0.4 is 4.74 Å². The number of hydrogen-bond acceptors (Lipinski definition) is 6. The molecule has 0 unspecified atom stereocenters. The molecular formula is C19H24F3N3O5S. The molecule has 0 atom stereocenters. The quantitative estimate of drug-likeness (QED) is 0.606. The lowest BCUT2D eigenvalue weighted by molar-refractivity contribution is -0.274. The van der Waals surface area contributed by atoms with E-state index in [1.54, 1.807) is 4.90 Å². The minimum Gasteiger partial charge on any atom is -0.406 e. The lowest BCUT2D eigenvalue weighted by atomic mass is 10.1. The van der Waals surface area contributed by atoms with Crippen LogP contribution in [0.2, 0.25) is 0 Å². The van der Waals surface area contributed by atoms with Gasteiger partial charge < -0.3 is 14.5 Å². The van der Waals surface area contributed by atoms with E-state index in [2.05, 4.69) is 9.89 Å². The highest BCUT2D eigenvalue weighted by Gasteiger charge is 2.32. The van der Waals surface area contributed by atoms with Crippen molar-refractivity contribution in [3.8, 4) is 5.75 Å². The summed E-state index contributed by atoms with van der Waals surface area (Å²) < 4.78 is 67.1. The Kier molecular flexibility index (Phi) is 7.42. The van der Waals surface area contributed by atoms with E-state index in [4.69, 9.17) is 4.84 Å². The zero-order valence-electron chi connectivity index (χ0n) is 16.8. The summed E-state index contributed by atoms with van der Waals surface area (Å²) in [5.74, 6) is -0.599. The third-order valence-corrected chi connectivity index (χ3v) is 7.00. The van der Waals surface area contributed by atoms with Gasteiger partial charge in [-0.25, -0.2) is 8.42 Å². The fourth-order valence-electron chi connectivity index (χ4n) is 3.45. The number of carbonyl (C=O) groups is 1. The van der Waals surface area contributed by atoms with Gasteiger partial charge in [0.1, 0.15) is 5.75 Å². The number of hydrogen-bond donors (Lipinski definition) is 0. The molecule has 31 heavy (non-hydrogen) atoms. The Labute approximate surface area is 178 Å². The molecule has 2 aliphatic heterocycles. The summed E-state index contributed by atoms with van der Waals surface area (Å²) >= 11 is 0. The van der Waals surface area contributed by atoms with E-state index in [0.29, 0.717) is 18.6 Å². The smallest absolute Gasteiger partial charge is 0.406 e. The minimum atomic E-state index is -4.84. The number of benzene rings is 1. The van der Waals surface area contributed by atoms with Crippen molar-refractivity contribution < 1.29 is 36.0 Å². The van der Waals surface area contributed by atoms with Gasteiger partial charge in [-0.05, 0) is 43.5 Å². The second-order valence-electron chi connectivity index (χ2n) is 7.30. The van der Waals surface area contributed by atoms with Crippen LogP contribution in [0.15, 0.2) is 34.3 Å². The highest BCUT2D eigenvalue weighted by molar-refractivity contribution is 7.89. The summed E-state index contributed by atoms with van der Waals surface area (Å²) in [7, 11) is -3.85. The topological polar surface area (TPSA) is 88.5 Å². The van der Waals surface area contributed by atoms with Crippen LogP contribution in [0.1, 0.15) is 32.1 Å². The van der Waals surface area contributed by atoms with Gasteiger partial charge in [0.2, 0.25) is 10.0 Å². The van der Waals surface area contributed by atoms with Crippen LogP contribution in [0, 0.1) is 0 Å². The second-order valence-corrected chi connectivity index (χ2v) is 9.23. The molecule has 8 nitrogen and oxygen atoms in total. The van der Waals surface area contributed by atoms with E-state index in [0.717, 1.165) is 56.6 Å². The number of piperidine rings is 2. The summed E-state index contributed by atoms with van der Waals surface area (Å²) in [5.41, 5.74) is 0.659. The molecule has 0 bridgehead atoms. The van der Waals surface area contributed by atoms with Crippen LogP contribution >= 0.6 is 0 Å². The number of sulfonamides is 1. The van der Waals surface area contributed by atoms with E-state index >= 15 is 0 Å². The number of amides is 1. The Balaban J connectivity index is 1.50. The molecule has 2 fully saturated rings. The molecule has 0 aromatic heterocycles. The zero-order chi connectivity index (χ0) is 22.5. The molecular weight excluding hydrogens is 439 g/mol. The predicted molar refractivity (Wildman–Crippen MR) is 105 cm³/mol. The summed E-state index contributed by atoms with van der Waals surface area (Å²) in [5, 5.41) is 3.98. The van der Waals surface area contributed by atoms with Crippen molar-refractivity contribution in [3.05, 3.63) is 24.3 Å². The molecule has 2 heterocycles. The lowest BCUT2D eigenvalue weighted by Crippen LogP contribution is -2.39. The maximum atomic E-state index is 12.7. The van der Waals surface area contributed by atoms with Gasteiger partial charge in [0.15, 0.2) is 6.61 Å². The second kappa shape index (κ2) is 9.86. The Hall–Kier alpha value is -2.34. The van der Waals surface area contributed by atoms with Crippen LogP contribution in [-0.4, -0.2) is 68.4 Å². The van der Waals surface area contributed by atoms with Gasteiger partial charge in [-0.15, -0.1) is 13.2 Å². The summed E-state index contributed by atoms with van der Waals surface area (Å²) in [4.78, 5) is 18.9. The maximum absolute atomic E-state index is 12.7. The van der Waals surface area contributed by atoms with Crippen LogP contribution in [0.5, 0.6) is 5.75 Å². The summed E-state index contributed by atoms with van der Waals surface area (Å²) in [6, 6.07) is 4.08. The number of likely N-dealkylation sites (tertiary alicyclic amines) is 1. The first-order chi connectivity index (χ1) is 14.6. The van der Waals surface area contributed by atoms with Crippen LogP contribution in [0.4, 0.5) is 13.2 Å². The number of halogens is 3. The number of carbonyl (C=O) groups excluding carboxylic acids is 1. The predicted octanol–water partition coefficient (Wildman–Crippen LogP) is 2.75. The average molecular weight is 463 g/mol. The molecule has 1 aromatic rings. The van der Waals surface area contributed by atoms with Gasteiger partial charge in [0.25, 0.3) is 5.91 Å². The van der Waals surface area contributed by atoms with Crippen molar-refractivity contribution in [3.63, 3.8) is 0 Å². The number of ether oxygens (including phenoxy) is 1. The summed E-state index contributed by atoms with van der Waals surface area (Å²) in [6.45, 7) is 1.64. The molecule has 12 heteroatoms. The largest absolute Gasteiger partial charge is 0.573 e. The zero-order valence-corrected chi connectivity index (χ0v) is 17.6. The van der Waals surface area contributed by atoms with Crippen molar-refractivity contribution in [2.24, 2.45) is 5.16 Å². The Morgan fingerprint density at radius 1 is 1.00 bits per heavy atom. The van der Waals surface area contributed by atoms with E-state index < -0.39 is 22.1 Å². The van der Waals surface area contributed by atoms with Gasteiger partial charge in [-0.3, -0.25) is 4.79 Å². The Morgan fingerprint density at radius 3 is 2.19 bits per heavy atom. The molecule has 1 amide bonds. The van der Waals surface area contributed by atoms with Gasteiger partial charge in [0, 0.05) is 39.0 Å². The van der Waals surface area contributed by atoms with E-state index in [-0.39, 0.29) is 30.5 Å². The third kappa shape index (κ3) is 6.57. The van der Waals surface area contributed by atoms with Gasteiger partial charge in [-0.2, -0.15) is 4.31 Å². The maximum Gasteiger partial charge on any atom is 0.573 e. The van der Waals surface area contributed by atoms with Crippen molar-refractivity contribution in [1.29, 1.82) is 0 Å². The SMILES string of the molecule is O=C(CON=C1CCN(S(=O)(=O)c2ccc(OC(F)(F)F)cc2)CC1)N1CCCCC1. The highest BCUT2D eigenvalue weighted by atomic mass is 32.2. The molecule has 1 aromatic carbocycles. The fourth-order valence-corrected chi connectivity index (χ4v) is 4.89. The molecule has 2 saturated heterocycles. The number of nitrogens with zero attached hydrogens (tertiary/aromatic N) is 3. The highest BCUT2D eigenvalue weighted by Crippen LogP contribution is 2.26. The van der Waals surface area contributed by atoms with Crippen molar-refractivity contribution in [2.45, 2.75) is 43.4 Å². The molecule has 0 saturated carbocycles. The van der Waals surface area contributed by atoms with Crippen LogP contribution in [0.25, 0.3) is 0 Å². The fraction of sp³-hybridized carbons (Fsp3) is 0.579. The van der Waals surface area contributed by atoms with Crippen LogP contribution in [0.3, 0.4) is 0 Å². The monoisotopic (exact) mass is 463 g/mol. The molecule has 0 spiro atoms. The van der Waals surface area contributed by atoms with E-state index in [1.807, 2.05) is 0 Å². The standard InChI is InChI=1S/C19H24F3N3O5S/c20-19(21,22)30-16-4-6-17(7-5-16)31(27,28)25-12-8-15(9-13-25)23-29-14-18(26)24-10-2-1-3-11-24/h4-7H,1-3,8-14H2. The average Bonchev–Trinajstić information content (AvgIpc) is 2.74. The van der Waals surface area contributed by atoms with Gasteiger partial charge in [0.05, 0.1) is 10.6 Å². The van der Waals surface area contributed by atoms with Crippen molar-refractivity contribution >= 4 is 21.6 Å². The minimum absolute atomic E-state index is 0.109. The van der Waals surface area contributed by atoms with Gasteiger partial charge >= 0.3 is 6.36 Å². The Morgan fingerprint density at radius 2 is 1.61 bits per heavy atom. The normalized spacial score (nSPS) is 18.5. The number of oxime groups is 1. The van der Waals surface area contributed by atoms with E-state index in [1.165, 1.54) is 4.31 Å². The third-order valence-electron chi connectivity index (χ3n) is 5.09. The van der Waals surface area contributed by atoms with Crippen LogP contribution in [-0.2, 0) is 19.7 Å². The van der Waals surface area contributed by atoms with E-state index in [9.17, 15) is 26.4 Å².